The zero-order chi connectivity index (χ0) is 12.3. The number of aliphatic hydroxyl groups excluding tert-OH is 2. The average molecular weight is 245 g/mol. The van der Waals surface area contributed by atoms with Crippen molar-refractivity contribution < 1.29 is 18.6 Å². The average Bonchev–Trinajstić information content (AvgIpc) is 2.26. The van der Waals surface area contributed by atoms with E-state index in [0.717, 1.165) is 6.26 Å². The van der Waals surface area contributed by atoms with Crippen molar-refractivity contribution in [3.8, 4) is 0 Å². The summed E-state index contributed by atoms with van der Waals surface area (Å²) >= 11 is 0. The topological polar surface area (TPSA) is 101 Å². The normalized spacial score (nSPS) is 15.8. The van der Waals surface area contributed by atoms with Gasteiger partial charge in [0.15, 0.2) is 9.84 Å². The minimum absolute atomic E-state index is 0.181. The van der Waals surface area contributed by atoms with Crippen LogP contribution in [0.15, 0.2) is 29.2 Å². The fourth-order valence-corrected chi connectivity index (χ4v) is 1.89. The third-order valence-electron chi connectivity index (χ3n) is 2.27. The minimum atomic E-state index is -3.23. The Kier molecular flexibility index (Phi) is 4.03. The summed E-state index contributed by atoms with van der Waals surface area (Å²) in [6.45, 7) is -0.338. The van der Waals surface area contributed by atoms with Crippen LogP contribution >= 0.6 is 0 Å². The number of aliphatic hydroxyl groups is 2. The summed E-state index contributed by atoms with van der Waals surface area (Å²) in [5, 5.41) is 18.4. The van der Waals surface area contributed by atoms with Crippen LogP contribution in [-0.2, 0) is 9.84 Å². The first kappa shape index (κ1) is 13.1. The van der Waals surface area contributed by atoms with Crippen LogP contribution in [0.3, 0.4) is 0 Å². The second-order valence-electron chi connectivity index (χ2n) is 3.63. The van der Waals surface area contributed by atoms with Crippen molar-refractivity contribution in [2.75, 3.05) is 12.9 Å². The van der Waals surface area contributed by atoms with Crippen LogP contribution in [0.1, 0.15) is 11.7 Å². The van der Waals surface area contributed by atoms with Gasteiger partial charge >= 0.3 is 0 Å². The Hall–Kier alpha value is -0.950. The van der Waals surface area contributed by atoms with Crippen molar-refractivity contribution in [2.45, 2.75) is 17.0 Å². The van der Waals surface area contributed by atoms with Crippen LogP contribution in [0, 0.1) is 0 Å². The van der Waals surface area contributed by atoms with Crippen LogP contribution in [0.4, 0.5) is 0 Å². The number of benzene rings is 1. The van der Waals surface area contributed by atoms with Crippen LogP contribution in [0.2, 0.25) is 0 Å². The van der Waals surface area contributed by atoms with Gasteiger partial charge < -0.3 is 15.9 Å². The summed E-state index contributed by atoms with van der Waals surface area (Å²) in [5.41, 5.74) is 5.93. The second kappa shape index (κ2) is 4.92. The predicted octanol–water partition coefficient (Wildman–Crippen LogP) is -0.557. The lowest BCUT2D eigenvalue weighted by Crippen LogP contribution is -2.31. The Morgan fingerprint density at radius 1 is 1.31 bits per heavy atom. The molecule has 1 rings (SSSR count). The van der Waals surface area contributed by atoms with E-state index in [0.29, 0.717) is 5.56 Å². The molecule has 4 N–H and O–H groups in total. The maximum atomic E-state index is 11.2. The molecule has 6 heteroatoms. The molecule has 0 spiro atoms. The molecule has 1 aromatic carbocycles. The van der Waals surface area contributed by atoms with Gasteiger partial charge in [0.1, 0.15) is 0 Å². The standard InChI is InChI=1S/C10H15NO4S/c1-16(14,15)8-4-2-7(3-5-8)10(13)9(11)6-12/h2-5,9-10,12-13H,6,11H2,1H3/t9?,10-/m1/s1. The van der Waals surface area contributed by atoms with Crippen molar-refractivity contribution in [1.82, 2.24) is 0 Å². The molecule has 2 atom stereocenters. The summed E-state index contributed by atoms with van der Waals surface area (Å²) in [4.78, 5) is 0.181. The summed E-state index contributed by atoms with van der Waals surface area (Å²) < 4.78 is 22.4. The lowest BCUT2D eigenvalue weighted by molar-refractivity contribution is 0.109. The van der Waals surface area contributed by atoms with Gasteiger partial charge in [-0.2, -0.15) is 0 Å². The Bertz CT molecular complexity index is 440. The van der Waals surface area contributed by atoms with Crippen molar-refractivity contribution in [2.24, 2.45) is 5.73 Å². The Morgan fingerprint density at radius 3 is 2.19 bits per heavy atom. The van der Waals surface area contributed by atoms with Crippen LogP contribution in [-0.4, -0.2) is 37.5 Å². The smallest absolute Gasteiger partial charge is 0.175 e. The number of nitrogens with two attached hydrogens (primary N) is 1. The largest absolute Gasteiger partial charge is 0.395 e. The molecule has 5 nitrogen and oxygen atoms in total. The molecule has 16 heavy (non-hydrogen) atoms. The van der Waals surface area contributed by atoms with Crippen LogP contribution < -0.4 is 5.73 Å². The first-order valence-corrected chi connectivity index (χ1v) is 6.60. The molecule has 90 valence electrons. The van der Waals surface area contributed by atoms with Gasteiger partial charge in [-0.05, 0) is 17.7 Å². The third-order valence-corrected chi connectivity index (χ3v) is 3.39. The van der Waals surface area contributed by atoms with Gasteiger partial charge in [-0.25, -0.2) is 8.42 Å². The third kappa shape index (κ3) is 3.02. The highest BCUT2D eigenvalue weighted by molar-refractivity contribution is 7.90. The minimum Gasteiger partial charge on any atom is -0.395 e. The molecular weight excluding hydrogens is 230 g/mol. The van der Waals surface area contributed by atoms with E-state index >= 15 is 0 Å². The molecule has 0 aliphatic heterocycles. The lowest BCUT2D eigenvalue weighted by atomic mass is 10.0. The monoisotopic (exact) mass is 245 g/mol. The highest BCUT2D eigenvalue weighted by Gasteiger charge is 2.16. The van der Waals surface area contributed by atoms with E-state index in [1.165, 1.54) is 24.3 Å². The van der Waals surface area contributed by atoms with E-state index in [1.54, 1.807) is 0 Å². The van der Waals surface area contributed by atoms with E-state index < -0.39 is 22.0 Å². The van der Waals surface area contributed by atoms with Gasteiger partial charge in [-0.15, -0.1) is 0 Å². The number of sulfone groups is 1. The zero-order valence-electron chi connectivity index (χ0n) is 8.87. The molecule has 0 amide bonds. The quantitative estimate of drug-likeness (QED) is 0.660. The molecule has 0 saturated heterocycles. The van der Waals surface area contributed by atoms with Crippen molar-refractivity contribution >= 4 is 9.84 Å². The summed E-state index contributed by atoms with van der Waals surface area (Å²) in [6.07, 6.45) is 0.108. The van der Waals surface area contributed by atoms with Gasteiger partial charge in [0.25, 0.3) is 0 Å². The fourth-order valence-electron chi connectivity index (χ4n) is 1.26. The number of hydrogen-bond acceptors (Lipinski definition) is 5. The molecule has 0 bridgehead atoms. The first-order chi connectivity index (χ1) is 7.36. The zero-order valence-corrected chi connectivity index (χ0v) is 9.68. The molecular formula is C10H15NO4S. The van der Waals surface area contributed by atoms with Gasteiger partial charge in [0.05, 0.1) is 23.6 Å². The molecule has 0 fully saturated rings. The Labute approximate surface area is 94.4 Å². The van der Waals surface area contributed by atoms with Crippen LogP contribution in [0.25, 0.3) is 0 Å². The van der Waals surface area contributed by atoms with Gasteiger partial charge in [0, 0.05) is 6.26 Å². The lowest BCUT2D eigenvalue weighted by Gasteiger charge is -2.16. The predicted molar refractivity (Wildman–Crippen MR) is 59.6 cm³/mol. The van der Waals surface area contributed by atoms with E-state index in [2.05, 4.69) is 0 Å². The molecule has 0 aliphatic rings. The van der Waals surface area contributed by atoms with E-state index in [1.807, 2.05) is 0 Å². The van der Waals surface area contributed by atoms with Crippen molar-refractivity contribution in [1.29, 1.82) is 0 Å². The maximum Gasteiger partial charge on any atom is 0.175 e. The fraction of sp³-hybridized carbons (Fsp3) is 0.400. The number of rotatable bonds is 4. The van der Waals surface area contributed by atoms with E-state index in [9.17, 15) is 13.5 Å². The van der Waals surface area contributed by atoms with Crippen molar-refractivity contribution in [3.05, 3.63) is 29.8 Å². The molecule has 0 saturated carbocycles. The SMILES string of the molecule is CS(=O)(=O)c1ccc([C@@H](O)C(N)CO)cc1. The molecule has 1 aromatic rings. The van der Waals surface area contributed by atoms with Gasteiger partial charge in [-0.1, -0.05) is 12.1 Å². The molecule has 0 heterocycles. The maximum absolute atomic E-state index is 11.2. The molecule has 0 radical (unpaired) electrons. The molecule has 1 unspecified atom stereocenters. The second-order valence-corrected chi connectivity index (χ2v) is 5.65. The highest BCUT2D eigenvalue weighted by Crippen LogP contribution is 2.18. The summed E-state index contributed by atoms with van der Waals surface area (Å²) in [7, 11) is -3.23. The first-order valence-electron chi connectivity index (χ1n) is 4.71. The molecule has 0 aromatic heterocycles. The Balaban J connectivity index is 2.96. The van der Waals surface area contributed by atoms with E-state index in [-0.39, 0.29) is 11.5 Å². The number of hydrogen-bond donors (Lipinski definition) is 3. The van der Waals surface area contributed by atoms with E-state index in [4.69, 9.17) is 10.8 Å². The van der Waals surface area contributed by atoms with Crippen LogP contribution in [0.5, 0.6) is 0 Å². The highest BCUT2D eigenvalue weighted by atomic mass is 32.2. The summed E-state index contributed by atoms with van der Waals surface area (Å²) in [6, 6.07) is 4.99. The molecule has 0 aliphatic carbocycles. The van der Waals surface area contributed by atoms with Gasteiger partial charge in [0.2, 0.25) is 0 Å². The summed E-state index contributed by atoms with van der Waals surface area (Å²) in [5.74, 6) is 0. The Morgan fingerprint density at radius 2 is 1.81 bits per heavy atom. The van der Waals surface area contributed by atoms with Crippen molar-refractivity contribution in [3.63, 3.8) is 0 Å². The van der Waals surface area contributed by atoms with Gasteiger partial charge in [-0.3, -0.25) is 0 Å².